The molecule has 47 heavy (non-hydrogen) atoms. The van der Waals surface area contributed by atoms with Gasteiger partial charge in [0.15, 0.2) is 11.5 Å². The van der Waals surface area contributed by atoms with Crippen molar-refractivity contribution in [3.8, 4) is 11.8 Å². The highest BCUT2D eigenvalue weighted by Gasteiger charge is 2.48. The molecule has 1 spiro atoms. The molecule has 0 bridgehead atoms. The van der Waals surface area contributed by atoms with Gasteiger partial charge < -0.3 is 29.5 Å². The lowest BCUT2D eigenvalue weighted by Crippen LogP contribution is -2.63. The van der Waals surface area contributed by atoms with Crippen LogP contribution in [0.3, 0.4) is 0 Å². The molecule has 11 nitrogen and oxygen atoms in total. The summed E-state index contributed by atoms with van der Waals surface area (Å²) in [5.74, 6) is 1.27. The average Bonchev–Trinajstić information content (AvgIpc) is 3.04. The van der Waals surface area contributed by atoms with Crippen molar-refractivity contribution in [3.63, 3.8) is 0 Å². The summed E-state index contributed by atoms with van der Waals surface area (Å²) in [7, 11) is 0. The van der Waals surface area contributed by atoms with Crippen molar-refractivity contribution >= 4 is 29.4 Å². The summed E-state index contributed by atoms with van der Waals surface area (Å²) in [4.78, 5) is 32.1. The first-order chi connectivity index (χ1) is 22.5. The van der Waals surface area contributed by atoms with E-state index in [0.29, 0.717) is 28.1 Å². The van der Waals surface area contributed by atoms with Gasteiger partial charge in [0.25, 0.3) is 5.91 Å². The molecule has 1 saturated carbocycles. The minimum atomic E-state index is -0.455. The highest BCUT2D eigenvalue weighted by Crippen LogP contribution is 2.42. The van der Waals surface area contributed by atoms with Crippen molar-refractivity contribution in [1.29, 1.82) is 5.26 Å². The van der Waals surface area contributed by atoms with E-state index < -0.39 is 5.60 Å². The number of nitriles is 1. The second-order valence-electron chi connectivity index (χ2n) is 14.7. The average molecular weight is 664 g/mol. The van der Waals surface area contributed by atoms with Crippen LogP contribution in [0.15, 0.2) is 30.3 Å². The number of hydrogen-bond donors (Lipinski definition) is 1. The van der Waals surface area contributed by atoms with E-state index in [9.17, 15) is 9.59 Å². The fourth-order valence-electron chi connectivity index (χ4n) is 7.41. The van der Waals surface area contributed by atoms with Crippen molar-refractivity contribution in [3.05, 3.63) is 46.6 Å². The second-order valence-corrected chi connectivity index (χ2v) is 15.1. The molecule has 2 aromatic rings. The fraction of sp³-hybridized carbons (Fsp3) is 0.629. The van der Waals surface area contributed by atoms with Gasteiger partial charge in [0.1, 0.15) is 17.4 Å². The minimum Gasteiger partial charge on any atom is -0.490 e. The van der Waals surface area contributed by atoms with Crippen molar-refractivity contribution in [2.75, 3.05) is 44.2 Å². The lowest BCUT2D eigenvalue weighted by molar-refractivity contribution is -0.0649. The molecule has 1 N–H and O–H groups in total. The molecule has 1 aromatic carbocycles. The molecular formula is C35H46ClN7O4. The number of rotatable bonds is 6. The number of carbonyl (C=O) groups is 2. The molecule has 4 fully saturated rings. The second kappa shape index (κ2) is 13.9. The number of benzene rings is 1. The maximum Gasteiger partial charge on any atom is 0.410 e. The van der Waals surface area contributed by atoms with Gasteiger partial charge in [-0.05, 0) is 109 Å². The van der Waals surface area contributed by atoms with Gasteiger partial charge in [-0.2, -0.15) is 5.26 Å². The number of halogens is 1. The molecule has 4 aliphatic rings. The van der Waals surface area contributed by atoms with Crippen molar-refractivity contribution < 1.29 is 19.1 Å². The number of hydrogen-bond acceptors (Lipinski definition) is 9. The third-order valence-corrected chi connectivity index (χ3v) is 10.4. The van der Waals surface area contributed by atoms with Crippen LogP contribution in [-0.2, 0) is 4.74 Å². The summed E-state index contributed by atoms with van der Waals surface area (Å²) in [5.41, 5.74) is 0.563. The van der Waals surface area contributed by atoms with Crippen LogP contribution in [0.5, 0.6) is 5.75 Å². The van der Waals surface area contributed by atoms with E-state index in [1.54, 1.807) is 24.3 Å². The maximum atomic E-state index is 12.9. The number of anilines is 1. The van der Waals surface area contributed by atoms with Crippen LogP contribution in [0.1, 0.15) is 88.2 Å². The topological polar surface area (TPSA) is 124 Å². The number of carbonyl (C=O) groups excluding carboxylic acids is 2. The van der Waals surface area contributed by atoms with E-state index in [4.69, 9.17) is 26.3 Å². The summed E-state index contributed by atoms with van der Waals surface area (Å²) >= 11 is 6.13. The molecule has 1 aromatic heterocycles. The standard InChI is InChI=1S/C35H46ClN7O4/c1-34(2,3)47-33(45)43-22-35(23-43)14-18-41(19-15-35)26-12-16-42(17-13-26)31-11-10-30(39-40-31)32(44)38-25-5-8-27(9-6-25)46-28-7-4-24(21-37)29(36)20-28/h4,7,10-11,20,25-27H,5-6,8-9,12-19,22-23H2,1-3H3,(H,38,44). The Labute approximate surface area is 282 Å². The summed E-state index contributed by atoms with van der Waals surface area (Å²) in [5, 5.41) is 21.3. The van der Waals surface area contributed by atoms with Crippen molar-refractivity contribution in [2.45, 2.75) is 95.9 Å². The fourth-order valence-corrected chi connectivity index (χ4v) is 7.62. The minimum absolute atomic E-state index is 0.0430. The van der Waals surface area contributed by atoms with E-state index in [-0.39, 0.29) is 29.6 Å². The first-order valence-electron chi connectivity index (χ1n) is 17.0. The molecule has 12 heteroatoms. The predicted molar refractivity (Wildman–Crippen MR) is 179 cm³/mol. The highest BCUT2D eigenvalue weighted by molar-refractivity contribution is 6.31. The van der Waals surface area contributed by atoms with Crippen LogP contribution in [-0.4, -0.2) is 95.1 Å². The third-order valence-electron chi connectivity index (χ3n) is 10.1. The number of piperidine rings is 2. The molecule has 0 atom stereocenters. The molecule has 3 saturated heterocycles. The Bertz CT molecular complexity index is 1460. The molecule has 6 rings (SSSR count). The van der Waals surface area contributed by atoms with Crippen LogP contribution in [0.4, 0.5) is 10.6 Å². The molecule has 3 aliphatic heterocycles. The number of likely N-dealkylation sites (tertiary alicyclic amines) is 2. The van der Waals surface area contributed by atoms with Crippen LogP contribution in [0.25, 0.3) is 0 Å². The van der Waals surface area contributed by atoms with E-state index in [0.717, 1.165) is 96.5 Å². The molecule has 0 radical (unpaired) electrons. The Morgan fingerprint density at radius 2 is 1.68 bits per heavy atom. The van der Waals surface area contributed by atoms with E-state index in [1.807, 2.05) is 31.7 Å². The quantitative estimate of drug-likeness (QED) is 0.431. The number of ether oxygens (including phenoxy) is 2. The summed E-state index contributed by atoms with van der Waals surface area (Å²) in [6, 6.07) is 11.5. The predicted octanol–water partition coefficient (Wildman–Crippen LogP) is 5.42. The van der Waals surface area contributed by atoms with Gasteiger partial charge in [0.05, 0.1) is 16.7 Å². The molecule has 1 aliphatic carbocycles. The largest absolute Gasteiger partial charge is 0.490 e. The molecular weight excluding hydrogens is 618 g/mol. The lowest BCUT2D eigenvalue weighted by Gasteiger charge is -2.55. The Morgan fingerprint density at radius 1 is 0.979 bits per heavy atom. The molecule has 4 heterocycles. The maximum absolute atomic E-state index is 12.9. The zero-order valence-electron chi connectivity index (χ0n) is 27.7. The van der Waals surface area contributed by atoms with E-state index in [2.05, 4.69) is 31.4 Å². The van der Waals surface area contributed by atoms with Crippen LogP contribution < -0.4 is 15.0 Å². The van der Waals surface area contributed by atoms with Gasteiger partial charge in [0.2, 0.25) is 0 Å². The van der Waals surface area contributed by atoms with Gasteiger partial charge in [0, 0.05) is 49.7 Å². The molecule has 2 amide bonds. The normalized spacial score (nSPS) is 23.5. The number of amides is 2. The van der Waals surface area contributed by atoms with Gasteiger partial charge >= 0.3 is 6.09 Å². The first kappa shape index (κ1) is 33.3. The first-order valence-corrected chi connectivity index (χ1v) is 17.3. The van der Waals surface area contributed by atoms with Gasteiger partial charge in [-0.3, -0.25) is 4.79 Å². The SMILES string of the molecule is CC(C)(C)OC(=O)N1CC2(CCN(C3CCN(c4ccc(C(=O)NC5CCC(Oc6ccc(C#N)c(Cl)c6)CC5)nn4)CC3)CC2)C1. The lowest BCUT2D eigenvalue weighted by atomic mass is 9.72. The van der Waals surface area contributed by atoms with Crippen LogP contribution >= 0.6 is 11.6 Å². The van der Waals surface area contributed by atoms with Gasteiger partial charge in [-0.1, -0.05) is 11.6 Å². The van der Waals surface area contributed by atoms with Crippen LogP contribution in [0.2, 0.25) is 5.02 Å². The number of nitrogens with one attached hydrogen (secondary N) is 1. The number of nitrogens with zero attached hydrogens (tertiary/aromatic N) is 6. The van der Waals surface area contributed by atoms with Crippen molar-refractivity contribution in [2.24, 2.45) is 5.41 Å². The highest BCUT2D eigenvalue weighted by atomic mass is 35.5. The Hall–Kier alpha value is -3.62. The summed E-state index contributed by atoms with van der Waals surface area (Å²) in [6.07, 6.45) is 7.51. The van der Waals surface area contributed by atoms with Gasteiger partial charge in [-0.15, -0.1) is 10.2 Å². The number of aromatic nitrogens is 2. The smallest absolute Gasteiger partial charge is 0.410 e. The summed E-state index contributed by atoms with van der Waals surface area (Å²) in [6.45, 7) is 11.4. The third kappa shape index (κ3) is 8.10. The molecule has 0 unspecified atom stereocenters. The zero-order chi connectivity index (χ0) is 33.2. The van der Waals surface area contributed by atoms with Crippen LogP contribution in [0, 0.1) is 16.7 Å². The summed E-state index contributed by atoms with van der Waals surface area (Å²) < 4.78 is 11.6. The van der Waals surface area contributed by atoms with E-state index in [1.165, 1.54) is 0 Å². The zero-order valence-corrected chi connectivity index (χ0v) is 28.5. The Morgan fingerprint density at radius 3 is 2.28 bits per heavy atom. The van der Waals surface area contributed by atoms with Crippen molar-refractivity contribution in [1.82, 2.24) is 25.3 Å². The van der Waals surface area contributed by atoms with E-state index >= 15 is 0 Å². The molecule has 252 valence electrons. The Kier molecular flexibility index (Phi) is 9.81. The Balaban J connectivity index is 0.895. The monoisotopic (exact) mass is 663 g/mol. The van der Waals surface area contributed by atoms with Gasteiger partial charge in [-0.25, -0.2) is 4.79 Å².